The largest absolute Gasteiger partial charge is 0.481 e. The fourth-order valence-electron chi connectivity index (χ4n) is 3.53. The molecule has 6 nitrogen and oxygen atoms in total. The Kier molecular flexibility index (Phi) is 3.53. The van der Waals surface area contributed by atoms with Crippen LogP contribution in [0.25, 0.3) is 0 Å². The van der Waals surface area contributed by atoms with Crippen LogP contribution in [0.2, 0.25) is 0 Å². The number of carbonyl (C=O) groups is 2. The minimum absolute atomic E-state index is 0.0709. The smallest absolute Gasteiger partial charge is 0.318 e. The van der Waals surface area contributed by atoms with Crippen molar-refractivity contribution in [3.05, 3.63) is 29.6 Å². The molecule has 2 aliphatic heterocycles. The number of carboxylic acids is 1. The second kappa shape index (κ2) is 5.35. The summed E-state index contributed by atoms with van der Waals surface area (Å²) in [7, 11) is 0. The van der Waals surface area contributed by atoms with Crippen LogP contribution in [0.3, 0.4) is 0 Å². The number of amides is 2. The van der Waals surface area contributed by atoms with Crippen LogP contribution in [0.5, 0.6) is 0 Å². The minimum Gasteiger partial charge on any atom is -0.481 e. The van der Waals surface area contributed by atoms with Gasteiger partial charge < -0.3 is 15.3 Å². The van der Waals surface area contributed by atoms with E-state index >= 15 is 0 Å². The molecule has 2 saturated heterocycles. The quantitative estimate of drug-likeness (QED) is 0.884. The number of nitrogens with one attached hydrogen (secondary N) is 1. The van der Waals surface area contributed by atoms with Gasteiger partial charge in [-0.05, 0) is 38.3 Å². The Morgan fingerprint density at radius 1 is 1.43 bits per heavy atom. The summed E-state index contributed by atoms with van der Waals surface area (Å²) in [6.45, 7) is 2.28. The highest BCUT2D eigenvalue weighted by Gasteiger charge is 2.51. The first kappa shape index (κ1) is 13.9. The van der Waals surface area contributed by atoms with Gasteiger partial charge in [0.05, 0.1) is 18.2 Å². The van der Waals surface area contributed by atoms with E-state index in [2.05, 4.69) is 10.3 Å². The first-order chi connectivity index (χ1) is 10.1. The standard InChI is InChI=1S/C15H19N3O3/c1-9-3-2-4-10(17-9)8-16-15(21)18-11-5-6-13(18)12(7-11)14(19)20/h2-4,11-13H,5-8H2,1H3,(H,16,21)(H,19,20). The van der Waals surface area contributed by atoms with Crippen LogP contribution >= 0.6 is 0 Å². The molecule has 112 valence electrons. The second-order valence-electron chi connectivity index (χ2n) is 5.82. The third-order valence-corrected chi connectivity index (χ3v) is 4.46. The monoisotopic (exact) mass is 289 g/mol. The zero-order valence-electron chi connectivity index (χ0n) is 12.0. The van der Waals surface area contributed by atoms with Gasteiger partial charge in [-0.15, -0.1) is 0 Å². The van der Waals surface area contributed by atoms with Crippen molar-refractivity contribution in [2.24, 2.45) is 5.92 Å². The zero-order chi connectivity index (χ0) is 15.0. The van der Waals surface area contributed by atoms with E-state index in [4.69, 9.17) is 0 Å². The fraction of sp³-hybridized carbons (Fsp3) is 0.533. The van der Waals surface area contributed by atoms with Crippen molar-refractivity contribution in [1.29, 1.82) is 0 Å². The molecule has 3 heterocycles. The van der Waals surface area contributed by atoms with E-state index in [-0.39, 0.29) is 18.1 Å². The number of nitrogens with zero attached hydrogens (tertiary/aromatic N) is 2. The van der Waals surface area contributed by atoms with Crippen molar-refractivity contribution in [1.82, 2.24) is 15.2 Å². The molecule has 0 radical (unpaired) electrons. The maximum atomic E-state index is 12.3. The average molecular weight is 289 g/mol. The number of aryl methyl sites for hydroxylation is 1. The number of fused-ring (bicyclic) bond motifs is 2. The maximum Gasteiger partial charge on any atom is 0.318 e. The van der Waals surface area contributed by atoms with Gasteiger partial charge in [-0.3, -0.25) is 9.78 Å². The summed E-state index contributed by atoms with van der Waals surface area (Å²) in [6, 6.07) is 5.42. The van der Waals surface area contributed by atoms with E-state index in [0.717, 1.165) is 24.2 Å². The molecule has 3 atom stereocenters. The summed E-state index contributed by atoms with van der Waals surface area (Å²) in [5.41, 5.74) is 1.72. The van der Waals surface area contributed by atoms with E-state index < -0.39 is 11.9 Å². The molecular formula is C15H19N3O3. The minimum atomic E-state index is -0.791. The van der Waals surface area contributed by atoms with Gasteiger partial charge in [0.1, 0.15) is 0 Å². The van der Waals surface area contributed by atoms with E-state index in [1.165, 1.54) is 0 Å². The van der Waals surface area contributed by atoms with Gasteiger partial charge in [0, 0.05) is 17.8 Å². The third kappa shape index (κ3) is 2.57. The maximum absolute atomic E-state index is 12.3. The number of carboxylic acid groups (broad SMARTS) is 1. The first-order valence-electron chi connectivity index (χ1n) is 7.28. The lowest BCUT2D eigenvalue weighted by Gasteiger charge is -2.23. The molecule has 2 bridgehead atoms. The van der Waals surface area contributed by atoms with Crippen LogP contribution in [0.1, 0.15) is 30.7 Å². The van der Waals surface area contributed by atoms with Gasteiger partial charge in [-0.2, -0.15) is 0 Å². The molecule has 2 N–H and O–H groups in total. The normalized spacial score (nSPS) is 26.9. The van der Waals surface area contributed by atoms with Crippen LogP contribution in [-0.4, -0.2) is 39.1 Å². The Hall–Kier alpha value is -2.11. The summed E-state index contributed by atoms with van der Waals surface area (Å²) >= 11 is 0. The number of hydrogen-bond acceptors (Lipinski definition) is 3. The molecule has 2 amide bonds. The average Bonchev–Trinajstić information content (AvgIpc) is 3.02. The zero-order valence-corrected chi connectivity index (χ0v) is 12.0. The Balaban J connectivity index is 1.63. The van der Waals surface area contributed by atoms with E-state index in [9.17, 15) is 14.7 Å². The summed E-state index contributed by atoms with van der Waals surface area (Å²) in [5, 5.41) is 12.1. The molecule has 2 aliphatic rings. The van der Waals surface area contributed by atoms with Crippen molar-refractivity contribution < 1.29 is 14.7 Å². The van der Waals surface area contributed by atoms with Gasteiger partial charge in [-0.25, -0.2) is 4.79 Å². The van der Waals surface area contributed by atoms with Crippen LogP contribution in [0.15, 0.2) is 18.2 Å². The molecule has 3 rings (SSSR count). The van der Waals surface area contributed by atoms with Crippen LogP contribution in [0.4, 0.5) is 4.79 Å². The highest BCUT2D eigenvalue weighted by atomic mass is 16.4. The second-order valence-corrected chi connectivity index (χ2v) is 5.82. The summed E-state index contributed by atoms with van der Waals surface area (Å²) < 4.78 is 0. The number of pyridine rings is 1. The van der Waals surface area contributed by atoms with Crippen molar-refractivity contribution in [2.75, 3.05) is 0 Å². The first-order valence-corrected chi connectivity index (χ1v) is 7.28. The molecule has 0 saturated carbocycles. The molecule has 0 aromatic carbocycles. The molecule has 3 unspecified atom stereocenters. The van der Waals surface area contributed by atoms with Crippen molar-refractivity contribution >= 4 is 12.0 Å². The van der Waals surface area contributed by atoms with Crippen LogP contribution in [-0.2, 0) is 11.3 Å². The van der Waals surface area contributed by atoms with E-state index in [1.807, 2.05) is 25.1 Å². The number of urea groups is 1. The van der Waals surface area contributed by atoms with Gasteiger partial charge >= 0.3 is 12.0 Å². The number of aliphatic carboxylic acids is 1. The molecule has 1 aromatic heterocycles. The van der Waals surface area contributed by atoms with Gasteiger partial charge in [0.15, 0.2) is 0 Å². The number of carbonyl (C=O) groups excluding carboxylic acids is 1. The van der Waals surface area contributed by atoms with E-state index in [1.54, 1.807) is 4.90 Å². The fourth-order valence-corrected chi connectivity index (χ4v) is 3.53. The Bertz CT molecular complexity index is 575. The predicted octanol–water partition coefficient (Wildman–Crippen LogP) is 1.54. The lowest BCUT2D eigenvalue weighted by atomic mass is 9.89. The van der Waals surface area contributed by atoms with Gasteiger partial charge in [0.25, 0.3) is 0 Å². The Morgan fingerprint density at radius 2 is 2.24 bits per heavy atom. The summed E-state index contributed by atoms with van der Waals surface area (Å²) in [4.78, 5) is 29.6. The van der Waals surface area contributed by atoms with Crippen molar-refractivity contribution in [3.8, 4) is 0 Å². The Morgan fingerprint density at radius 3 is 2.90 bits per heavy atom. The van der Waals surface area contributed by atoms with Gasteiger partial charge in [0.2, 0.25) is 0 Å². The summed E-state index contributed by atoms with van der Waals surface area (Å²) in [6.07, 6.45) is 2.28. The number of rotatable bonds is 3. The lowest BCUT2D eigenvalue weighted by molar-refractivity contribution is -0.142. The molecule has 2 fully saturated rings. The highest BCUT2D eigenvalue weighted by molar-refractivity contribution is 5.79. The lowest BCUT2D eigenvalue weighted by Crippen LogP contribution is -2.44. The van der Waals surface area contributed by atoms with Crippen LogP contribution in [0, 0.1) is 12.8 Å². The van der Waals surface area contributed by atoms with Gasteiger partial charge in [-0.1, -0.05) is 6.07 Å². The molecule has 0 aliphatic carbocycles. The summed E-state index contributed by atoms with van der Waals surface area (Å²) in [5.74, 6) is -1.20. The van der Waals surface area contributed by atoms with Crippen LogP contribution < -0.4 is 5.32 Å². The predicted molar refractivity (Wildman–Crippen MR) is 75.6 cm³/mol. The molecule has 0 spiro atoms. The highest BCUT2D eigenvalue weighted by Crippen LogP contribution is 2.41. The van der Waals surface area contributed by atoms with E-state index in [0.29, 0.717) is 13.0 Å². The molecule has 1 aromatic rings. The SMILES string of the molecule is Cc1cccc(CNC(=O)N2C3CCC2C(C(=O)O)C3)n1. The molecule has 6 heteroatoms. The number of hydrogen-bond donors (Lipinski definition) is 2. The van der Waals surface area contributed by atoms with Crippen molar-refractivity contribution in [2.45, 2.75) is 44.8 Å². The number of aromatic nitrogens is 1. The Labute approximate surface area is 123 Å². The molecular weight excluding hydrogens is 270 g/mol. The van der Waals surface area contributed by atoms with Crippen molar-refractivity contribution in [3.63, 3.8) is 0 Å². The topological polar surface area (TPSA) is 82.5 Å². The molecule has 21 heavy (non-hydrogen) atoms. The third-order valence-electron chi connectivity index (χ3n) is 4.46.